The Kier molecular flexibility index (Phi) is 9.55. The molecule has 0 radical (unpaired) electrons. The Labute approximate surface area is 272 Å². The molecule has 1 unspecified atom stereocenters. The van der Waals surface area contributed by atoms with Gasteiger partial charge in [0.15, 0.2) is 0 Å². The minimum Gasteiger partial charge on any atom is -0.497 e. The van der Waals surface area contributed by atoms with Crippen LogP contribution in [-0.4, -0.2) is 62.1 Å². The summed E-state index contributed by atoms with van der Waals surface area (Å²) in [6.45, 7) is 3.65. The number of morpholine rings is 1. The van der Waals surface area contributed by atoms with Crippen LogP contribution >= 0.6 is 0 Å². The second-order valence-corrected chi connectivity index (χ2v) is 13.4. The molecular formula is C35H36F2N4O5S. The van der Waals surface area contributed by atoms with Gasteiger partial charge in [-0.3, -0.25) is 0 Å². The van der Waals surface area contributed by atoms with E-state index in [1.807, 2.05) is 25.3 Å². The van der Waals surface area contributed by atoms with Crippen molar-refractivity contribution >= 4 is 15.7 Å². The van der Waals surface area contributed by atoms with E-state index in [4.69, 9.17) is 14.2 Å². The molecule has 1 aliphatic heterocycles. The van der Waals surface area contributed by atoms with Crippen LogP contribution in [-0.2, 0) is 34.3 Å². The number of aromatic nitrogens is 2. The maximum Gasteiger partial charge on any atom is 0.243 e. The average molecular weight is 663 g/mol. The summed E-state index contributed by atoms with van der Waals surface area (Å²) in [6.07, 6.45) is 1.94. The standard InChI is InChI=1S/C35H36F2N4O5S/c1-23-12-14-41-32(17-28-20-38-13-15-46-28)35(39-33(41)16-23)34-30(36)18-29(19-31(34)37)47(42,43)40(21-24-4-8-26(44-2)9-5-24)22-25-6-10-27(45-3)11-7-25/h4-12,14,16,18-19,28,38H,13,15,17,20-22H2,1-3H3. The van der Waals surface area contributed by atoms with E-state index in [9.17, 15) is 8.42 Å². The number of hydrogen-bond acceptors (Lipinski definition) is 7. The Morgan fingerprint density at radius 1 is 0.936 bits per heavy atom. The largest absolute Gasteiger partial charge is 0.497 e. The van der Waals surface area contributed by atoms with Crippen molar-refractivity contribution < 1.29 is 31.4 Å². The molecule has 1 fully saturated rings. The fraction of sp³-hybridized carbons (Fsp3) is 0.286. The van der Waals surface area contributed by atoms with E-state index in [2.05, 4.69) is 10.3 Å². The topological polar surface area (TPSA) is 94.4 Å². The lowest BCUT2D eigenvalue weighted by molar-refractivity contribution is 0.0286. The van der Waals surface area contributed by atoms with Gasteiger partial charge in [-0.25, -0.2) is 22.2 Å². The van der Waals surface area contributed by atoms with Crippen molar-refractivity contribution in [2.45, 2.75) is 37.4 Å². The molecule has 0 amide bonds. The molecule has 0 aliphatic carbocycles. The zero-order valence-electron chi connectivity index (χ0n) is 26.4. The van der Waals surface area contributed by atoms with Crippen molar-refractivity contribution in [3.05, 3.63) is 113 Å². The van der Waals surface area contributed by atoms with Crippen LogP contribution in [0.3, 0.4) is 0 Å². The second kappa shape index (κ2) is 13.8. The van der Waals surface area contributed by atoms with Crippen LogP contribution in [0, 0.1) is 18.6 Å². The zero-order chi connectivity index (χ0) is 33.1. The minimum absolute atomic E-state index is 0.0469. The number of fused-ring (bicyclic) bond motifs is 1. The number of hydrogen-bond donors (Lipinski definition) is 1. The molecule has 1 aliphatic rings. The Morgan fingerprint density at radius 2 is 1.53 bits per heavy atom. The van der Waals surface area contributed by atoms with E-state index in [0.717, 1.165) is 24.2 Å². The van der Waals surface area contributed by atoms with Crippen molar-refractivity contribution in [2.75, 3.05) is 33.9 Å². The third kappa shape index (κ3) is 7.01. The molecule has 0 saturated carbocycles. The van der Waals surface area contributed by atoms with Crippen molar-refractivity contribution in [1.29, 1.82) is 0 Å². The summed E-state index contributed by atoms with van der Waals surface area (Å²) < 4.78 is 79.9. The molecule has 2 aromatic heterocycles. The highest BCUT2D eigenvalue weighted by atomic mass is 32.2. The minimum atomic E-state index is -4.40. The van der Waals surface area contributed by atoms with Gasteiger partial charge in [0.25, 0.3) is 0 Å². The number of sulfonamides is 1. The van der Waals surface area contributed by atoms with Gasteiger partial charge in [0, 0.05) is 38.8 Å². The maximum absolute atomic E-state index is 16.1. The number of aryl methyl sites for hydroxylation is 1. The summed E-state index contributed by atoms with van der Waals surface area (Å²) in [5.41, 5.74) is 3.10. The Bertz CT molecular complexity index is 1900. The van der Waals surface area contributed by atoms with Crippen molar-refractivity contribution in [1.82, 2.24) is 19.0 Å². The second-order valence-electron chi connectivity index (χ2n) is 11.5. The molecule has 6 rings (SSSR count). The SMILES string of the molecule is COc1ccc(CN(Cc2ccc(OC)cc2)S(=O)(=O)c2cc(F)c(-c3nc4cc(C)ccn4c3CC3CNCCO3)c(F)c2)cc1. The van der Waals surface area contributed by atoms with Crippen LogP contribution in [0.1, 0.15) is 22.4 Å². The number of nitrogens with one attached hydrogen (secondary N) is 1. The van der Waals surface area contributed by atoms with Crippen molar-refractivity contribution in [3.63, 3.8) is 0 Å². The van der Waals surface area contributed by atoms with Crippen molar-refractivity contribution in [2.24, 2.45) is 0 Å². The summed E-state index contributed by atoms with van der Waals surface area (Å²) in [6, 6.07) is 19.4. The monoisotopic (exact) mass is 662 g/mol. The first-order chi connectivity index (χ1) is 22.7. The predicted molar refractivity (Wildman–Crippen MR) is 174 cm³/mol. The van der Waals surface area contributed by atoms with Crippen LogP contribution in [0.5, 0.6) is 11.5 Å². The Morgan fingerprint density at radius 3 is 2.06 bits per heavy atom. The smallest absolute Gasteiger partial charge is 0.243 e. The fourth-order valence-electron chi connectivity index (χ4n) is 5.73. The molecule has 246 valence electrons. The average Bonchev–Trinajstić information content (AvgIpc) is 3.41. The summed E-state index contributed by atoms with van der Waals surface area (Å²) >= 11 is 0. The number of nitrogens with zero attached hydrogens (tertiary/aromatic N) is 3. The highest BCUT2D eigenvalue weighted by Crippen LogP contribution is 2.34. The summed E-state index contributed by atoms with van der Waals surface area (Å²) in [5.74, 6) is -0.820. The zero-order valence-corrected chi connectivity index (χ0v) is 27.2. The highest BCUT2D eigenvalue weighted by Gasteiger charge is 2.30. The first-order valence-electron chi connectivity index (χ1n) is 15.2. The lowest BCUT2D eigenvalue weighted by atomic mass is 10.0. The quantitative estimate of drug-likeness (QED) is 0.199. The molecule has 47 heavy (non-hydrogen) atoms. The fourth-order valence-corrected chi connectivity index (χ4v) is 7.17. The van der Waals surface area contributed by atoms with E-state index in [0.29, 0.717) is 53.5 Å². The van der Waals surface area contributed by atoms with Crippen LogP contribution in [0.15, 0.2) is 83.9 Å². The van der Waals surface area contributed by atoms with Gasteiger partial charge in [0.05, 0.1) is 48.8 Å². The molecule has 3 heterocycles. The predicted octanol–water partition coefficient (Wildman–Crippen LogP) is 5.53. The van der Waals surface area contributed by atoms with E-state index >= 15 is 8.78 Å². The normalized spacial score (nSPS) is 15.3. The number of halogens is 2. The number of imidazole rings is 1. The summed E-state index contributed by atoms with van der Waals surface area (Å²) in [5, 5.41) is 3.28. The first-order valence-corrected chi connectivity index (χ1v) is 16.7. The summed E-state index contributed by atoms with van der Waals surface area (Å²) in [4.78, 5) is 4.12. The van der Waals surface area contributed by atoms with E-state index in [-0.39, 0.29) is 30.5 Å². The third-order valence-corrected chi connectivity index (χ3v) is 10.0. The molecule has 12 heteroatoms. The molecule has 1 N–H and O–H groups in total. The number of rotatable bonds is 11. The third-order valence-electron chi connectivity index (χ3n) is 8.23. The number of ether oxygens (including phenoxy) is 3. The van der Waals surface area contributed by atoms with E-state index in [1.54, 1.807) is 67.2 Å². The van der Waals surface area contributed by atoms with Gasteiger partial charge in [-0.05, 0) is 72.1 Å². The molecule has 0 bridgehead atoms. The molecule has 1 saturated heterocycles. The maximum atomic E-state index is 16.1. The highest BCUT2D eigenvalue weighted by molar-refractivity contribution is 7.89. The first kappa shape index (κ1) is 32.6. The molecule has 1 atom stereocenters. The van der Waals surface area contributed by atoms with Crippen LogP contribution in [0.2, 0.25) is 0 Å². The Balaban J connectivity index is 1.39. The van der Waals surface area contributed by atoms with Gasteiger partial charge >= 0.3 is 0 Å². The van der Waals surface area contributed by atoms with Gasteiger partial charge in [0.1, 0.15) is 28.8 Å². The van der Waals surface area contributed by atoms with Gasteiger partial charge in [-0.2, -0.15) is 4.31 Å². The van der Waals surface area contributed by atoms with Crippen LogP contribution < -0.4 is 14.8 Å². The van der Waals surface area contributed by atoms with Crippen LogP contribution in [0.25, 0.3) is 16.9 Å². The number of methoxy groups -OCH3 is 2. The lowest BCUT2D eigenvalue weighted by Gasteiger charge is -2.24. The number of benzene rings is 3. The van der Waals surface area contributed by atoms with E-state index < -0.39 is 26.6 Å². The molecule has 5 aromatic rings. The van der Waals surface area contributed by atoms with E-state index in [1.165, 1.54) is 4.31 Å². The van der Waals surface area contributed by atoms with Gasteiger partial charge in [-0.15, -0.1) is 0 Å². The number of pyridine rings is 1. The Hall–Kier alpha value is -4.36. The van der Waals surface area contributed by atoms with Gasteiger partial charge in [-0.1, -0.05) is 24.3 Å². The summed E-state index contributed by atoms with van der Waals surface area (Å²) in [7, 11) is -1.32. The van der Waals surface area contributed by atoms with Gasteiger partial charge < -0.3 is 23.9 Å². The van der Waals surface area contributed by atoms with Crippen molar-refractivity contribution in [3.8, 4) is 22.8 Å². The van der Waals surface area contributed by atoms with Crippen LogP contribution in [0.4, 0.5) is 8.78 Å². The molecule has 3 aromatic carbocycles. The lowest BCUT2D eigenvalue weighted by Crippen LogP contribution is -2.39. The van der Waals surface area contributed by atoms with Gasteiger partial charge in [0.2, 0.25) is 10.0 Å². The molecule has 9 nitrogen and oxygen atoms in total. The molecule has 0 spiro atoms. The molecular weight excluding hydrogens is 626 g/mol.